The third-order valence-electron chi connectivity index (χ3n) is 3.79. The molecule has 0 bridgehead atoms. The summed E-state index contributed by atoms with van der Waals surface area (Å²) >= 11 is 1.38. The average molecular weight is 390 g/mol. The Morgan fingerprint density at radius 1 is 1.29 bits per heavy atom. The number of nitrogens with zero attached hydrogens (tertiary/aromatic N) is 3. The van der Waals surface area contributed by atoms with Crippen molar-refractivity contribution in [1.82, 2.24) is 4.98 Å². The predicted octanol–water partition coefficient (Wildman–Crippen LogP) is 4.23. The first-order chi connectivity index (χ1) is 13.7. The molecule has 7 heteroatoms. The number of aromatic nitrogens is 1. The number of hydrogen-bond donors (Lipinski definition) is 1. The number of hydrogen-bond acceptors (Lipinski definition) is 7. The number of anilines is 1. The van der Waals surface area contributed by atoms with Crippen LogP contribution in [0.25, 0.3) is 11.1 Å². The number of carbonyl (C=O) groups is 1. The Hall–Kier alpha value is -3.50. The van der Waals surface area contributed by atoms with Gasteiger partial charge >= 0.3 is 5.97 Å². The van der Waals surface area contributed by atoms with Crippen LogP contribution in [0.5, 0.6) is 0 Å². The Morgan fingerprint density at radius 2 is 2.11 bits per heavy atom. The summed E-state index contributed by atoms with van der Waals surface area (Å²) in [6.45, 7) is 2.14. The fraction of sp³-hybridized carbons (Fsp3) is 0.143. The molecule has 0 aliphatic carbocycles. The van der Waals surface area contributed by atoms with Gasteiger partial charge in [-0.05, 0) is 35.7 Å². The van der Waals surface area contributed by atoms with Gasteiger partial charge in [0, 0.05) is 5.38 Å². The number of carbonyl (C=O) groups excluding carboxylic acids is 1. The lowest BCUT2D eigenvalue weighted by Gasteiger charge is -2.02. The molecule has 0 amide bonds. The van der Waals surface area contributed by atoms with Crippen LogP contribution in [0.1, 0.15) is 23.7 Å². The van der Waals surface area contributed by atoms with Crippen molar-refractivity contribution in [2.75, 3.05) is 12.0 Å². The zero-order valence-corrected chi connectivity index (χ0v) is 16.1. The monoisotopic (exact) mass is 390 g/mol. The number of hydrazone groups is 1. The lowest BCUT2D eigenvalue weighted by molar-refractivity contribution is -0.142. The summed E-state index contributed by atoms with van der Waals surface area (Å²) in [5, 5.41) is 15.6. The van der Waals surface area contributed by atoms with E-state index in [0.29, 0.717) is 23.0 Å². The van der Waals surface area contributed by atoms with Gasteiger partial charge in [-0.15, -0.1) is 11.3 Å². The van der Waals surface area contributed by atoms with Crippen LogP contribution in [0.4, 0.5) is 5.13 Å². The molecule has 0 spiro atoms. The molecule has 3 rings (SSSR count). The summed E-state index contributed by atoms with van der Waals surface area (Å²) in [4.78, 5) is 15.8. The largest absolute Gasteiger partial charge is 0.466 e. The maximum atomic E-state index is 11.5. The van der Waals surface area contributed by atoms with E-state index in [2.05, 4.69) is 21.6 Å². The van der Waals surface area contributed by atoms with Crippen LogP contribution >= 0.6 is 11.3 Å². The molecule has 3 aromatic rings. The van der Waals surface area contributed by atoms with Gasteiger partial charge in [-0.3, -0.25) is 10.2 Å². The highest BCUT2D eigenvalue weighted by molar-refractivity contribution is 7.13. The molecule has 2 aromatic carbocycles. The first-order valence-electron chi connectivity index (χ1n) is 8.67. The second kappa shape index (κ2) is 9.44. The van der Waals surface area contributed by atoms with E-state index in [4.69, 9.17) is 10.00 Å². The molecule has 0 aliphatic rings. The van der Waals surface area contributed by atoms with E-state index in [9.17, 15) is 4.79 Å². The normalized spacial score (nSPS) is 10.6. The van der Waals surface area contributed by atoms with Gasteiger partial charge in [0.15, 0.2) is 0 Å². The van der Waals surface area contributed by atoms with Gasteiger partial charge in [0.2, 0.25) is 5.13 Å². The van der Waals surface area contributed by atoms with Crippen molar-refractivity contribution in [3.63, 3.8) is 0 Å². The summed E-state index contributed by atoms with van der Waals surface area (Å²) in [5.74, 6) is -0.289. The standard InChI is InChI=1S/C21H18N4O2S/c1-2-27-20(26)11-19-14-28-21(24-19)25-23-13-15-6-8-17(9-7-15)18-5-3-4-16(10-18)12-22/h3-10,13-14H,2,11H2,1H3,(H,24,25). The van der Waals surface area contributed by atoms with Crippen LogP contribution in [-0.2, 0) is 16.0 Å². The molecule has 140 valence electrons. The van der Waals surface area contributed by atoms with Crippen molar-refractivity contribution in [2.24, 2.45) is 5.10 Å². The molecule has 0 atom stereocenters. The Labute approximate surface area is 167 Å². The molecule has 0 radical (unpaired) electrons. The van der Waals surface area contributed by atoms with Crippen molar-refractivity contribution in [3.05, 3.63) is 70.7 Å². The van der Waals surface area contributed by atoms with Gasteiger partial charge in [0.25, 0.3) is 0 Å². The lowest BCUT2D eigenvalue weighted by atomic mass is 10.0. The van der Waals surface area contributed by atoms with E-state index in [1.807, 2.05) is 42.5 Å². The Morgan fingerprint density at radius 3 is 2.86 bits per heavy atom. The van der Waals surface area contributed by atoms with E-state index in [1.165, 1.54) is 11.3 Å². The first kappa shape index (κ1) is 19.3. The van der Waals surface area contributed by atoms with E-state index < -0.39 is 0 Å². The third-order valence-corrected chi connectivity index (χ3v) is 4.59. The molecule has 0 saturated carbocycles. The van der Waals surface area contributed by atoms with Crippen LogP contribution in [0, 0.1) is 11.3 Å². The molecule has 1 aromatic heterocycles. The number of nitriles is 1. The third kappa shape index (κ3) is 5.25. The van der Waals surface area contributed by atoms with Gasteiger partial charge in [-0.1, -0.05) is 36.4 Å². The number of nitrogens with one attached hydrogen (secondary N) is 1. The van der Waals surface area contributed by atoms with Crippen LogP contribution < -0.4 is 5.43 Å². The lowest BCUT2D eigenvalue weighted by Crippen LogP contribution is -2.07. The maximum absolute atomic E-state index is 11.5. The second-order valence-corrected chi connectivity index (χ2v) is 6.67. The molecular weight excluding hydrogens is 372 g/mol. The quantitative estimate of drug-likeness (QED) is 0.370. The first-order valence-corrected chi connectivity index (χ1v) is 9.55. The van der Waals surface area contributed by atoms with Crippen molar-refractivity contribution >= 4 is 28.7 Å². The highest BCUT2D eigenvalue weighted by Gasteiger charge is 2.07. The number of ether oxygens (including phenoxy) is 1. The second-order valence-electron chi connectivity index (χ2n) is 5.81. The average Bonchev–Trinajstić information content (AvgIpc) is 3.16. The number of thiazole rings is 1. The fourth-order valence-corrected chi connectivity index (χ4v) is 3.15. The van der Waals surface area contributed by atoms with Gasteiger partial charge in [0.05, 0.1) is 36.6 Å². The van der Waals surface area contributed by atoms with Crippen molar-refractivity contribution < 1.29 is 9.53 Å². The smallest absolute Gasteiger partial charge is 0.311 e. The molecule has 1 heterocycles. The molecule has 0 saturated heterocycles. The van der Waals surface area contributed by atoms with Crippen LogP contribution in [0.3, 0.4) is 0 Å². The molecule has 0 aliphatic heterocycles. The Kier molecular flexibility index (Phi) is 6.50. The Bertz CT molecular complexity index is 1020. The predicted molar refractivity (Wildman–Crippen MR) is 110 cm³/mol. The maximum Gasteiger partial charge on any atom is 0.311 e. The summed E-state index contributed by atoms with van der Waals surface area (Å²) in [5.41, 5.74) is 7.12. The summed E-state index contributed by atoms with van der Waals surface area (Å²) in [7, 11) is 0. The van der Waals surface area contributed by atoms with Crippen LogP contribution in [-0.4, -0.2) is 23.8 Å². The highest BCUT2D eigenvalue weighted by atomic mass is 32.1. The SMILES string of the molecule is CCOC(=O)Cc1csc(NN=Cc2ccc(-c3cccc(C#N)c3)cc2)n1. The summed E-state index contributed by atoms with van der Waals surface area (Å²) in [6, 6.07) is 17.5. The van der Waals surface area contributed by atoms with Crippen molar-refractivity contribution in [3.8, 4) is 17.2 Å². The van der Waals surface area contributed by atoms with Gasteiger partial charge < -0.3 is 4.74 Å². The van der Waals surface area contributed by atoms with Gasteiger partial charge in [-0.25, -0.2) is 4.98 Å². The highest BCUT2D eigenvalue weighted by Crippen LogP contribution is 2.20. The van der Waals surface area contributed by atoms with Crippen LogP contribution in [0.15, 0.2) is 59.0 Å². The molecule has 28 heavy (non-hydrogen) atoms. The molecule has 6 nitrogen and oxygen atoms in total. The fourth-order valence-electron chi connectivity index (χ4n) is 2.49. The van der Waals surface area contributed by atoms with E-state index >= 15 is 0 Å². The Balaban J connectivity index is 1.58. The zero-order chi connectivity index (χ0) is 19.8. The summed E-state index contributed by atoms with van der Waals surface area (Å²) in [6.07, 6.45) is 1.85. The van der Waals surface area contributed by atoms with E-state index in [-0.39, 0.29) is 12.4 Å². The molecule has 1 N–H and O–H groups in total. The van der Waals surface area contributed by atoms with Crippen molar-refractivity contribution in [1.29, 1.82) is 5.26 Å². The number of esters is 1. The van der Waals surface area contributed by atoms with Crippen LogP contribution in [0.2, 0.25) is 0 Å². The zero-order valence-electron chi connectivity index (χ0n) is 15.3. The van der Waals surface area contributed by atoms with Gasteiger partial charge in [0.1, 0.15) is 0 Å². The van der Waals surface area contributed by atoms with E-state index in [0.717, 1.165) is 16.7 Å². The van der Waals surface area contributed by atoms with Crippen molar-refractivity contribution in [2.45, 2.75) is 13.3 Å². The molecule has 0 unspecified atom stereocenters. The topological polar surface area (TPSA) is 87.4 Å². The number of benzene rings is 2. The molecular formula is C21H18N4O2S. The molecule has 0 fully saturated rings. The summed E-state index contributed by atoms with van der Waals surface area (Å²) < 4.78 is 4.91. The minimum Gasteiger partial charge on any atom is -0.466 e. The minimum atomic E-state index is -0.289. The van der Waals surface area contributed by atoms with E-state index in [1.54, 1.807) is 24.6 Å². The number of rotatable bonds is 7. The van der Waals surface area contributed by atoms with Gasteiger partial charge in [-0.2, -0.15) is 10.4 Å². The minimum absolute atomic E-state index is 0.157.